The van der Waals surface area contributed by atoms with Crippen LogP contribution in [0.2, 0.25) is 0 Å². The standard InChI is InChI=1S/C32H37BrN6O2/c1-32(2,3)41-31(40)39-18-6-8-26(39)29-34-19-24(35-29)22-13-9-20(10-14-22)21-11-15-23(16-12-21)27-28(33)37-30(36-27)25-7-5-17-38(25)4/h9-16,19,25-26H,5-8,17-18H2,1-4H3,(H,34,35)(H,36,37)/t25-,26-/m0/s1. The summed E-state index contributed by atoms with van der Waals surface area (Å²) in [6.45, 7) is 7.47. The highest BCUT2D eigenvalue weighted by Gasteiger charge is 2.35. The lowest BCUT2D eigenvalue weighted by molar-refractivity contribution is 0.0218. The van der Waals surface area contributed by atoms with E-state index in [-0.39, 0.29) is 12.1 Å². The van der Waals surface area contributed by atoms with Gasteiger partial charge in [-0.05, 0) is 87.1 Å². The van der Waals surface area contributed by atoms with Crippen molar-refractivity contribution in [3.8, 4) is 33.6 Å². The van der Waals surface area contributed by atoms with E-state index in [1.165, 1.54) is 6.42 Å². The van der Waals surface area contributed by atoms with Gasteiger partial charge in [0.2, 0.25) is 0 Å². The fourth-order valence-corrected chi connectivity index (χ4v) is 6.39. The molecule has 1 amide bonds. The summed E-state index contributed by atoms with van der Waals surface area (Å²) in [5.74, 6) is 1.83. The molecule has 9 heteroatoms. The smallest absolute Gasteiger partial charge is 0.410 e. The Labute approximate surface area is 249 Å². The van der Waals surface area contributed by atoms with Crippen molar-refractivity contribution >= 4 is 22.0 Å². The van der Waals surface area contributed by atoms with Crippen molar-refractivity contribution < 1.29 is 9.53 Å². The van der Waals surface area contributed by atoms with Crippen LogP contribution in [0.25, 0.3) is 33.6 Å². The summed E-state index contributed by atoms with van der Waals surface area (Å²) in [4.78, 5) is 33.4. The number of aromatic amines is 2. The first kappa shape index (κ1) is 27.7. The zero-order valence-corrected chi connectivity index (χ0v) is 25.7. The molecule has 2 fully saturated rings. The molecule has 2 aromatic heterocycles. The van der Waals surface area contributed by atoms with E-state index in [9.17, 15) is 4.79 Å². The van der Waals surface area contributed by atoms with Crippen LogP contribution in [0, 0.1) is 0 Å². The first-order valence-corrected chi connectivity index (χ1v) is 15.2. The number of benzene rings is 2. The van der Waals surface area contributed by atoms with Crippen molar-refractivity contribution in [1.29, 1.82) is 0 Å². The van der Waals surface area contributed by atoms with E-state index in [1.54, 1.807) is 4.90 Å². The van der Waals surface area contributed by atoms with Gasteiger partial charge in [0.05, 0.1) is 17.8 Å². The molecule has 0 aliphatic carbocycles. The van der Waals surface area contributed by atoms with E-state index in [0.717, 1.165) is 75.7 Å². The third-order valence-corrected chi connectivity index (χ3v) is 8.55. The Morgan fingerprint density at radius 1 is 0.878 bits per heavy atom. The molecular weight excluding hydrogens is 580 g/mol. The van der Waals surface area contributed by atoms with Crippen molar-refractivity contribution in [2.75, 3.05) is 20.1 Å². The van der Waals surface area contributed by atoms with Crippen molar-refractivity contribution in [1.82, 2.24) is 29.7 Å². The molecule has 41 heavy (non-hydrogen) atoms. The van der Waals surface area contributed by atoms with Crippen LogP contribution < -0.4 is 0 Å². The maximum Gasteiger partial charge on any atom is 0.410 e. The summed E-state index contributed by atoms with van der Waals surface area (Å²) in [6.07, 6.45) is 5.78. The number of rotatable bonds is 5. The Kier molecular flexibility index (Phi) is 7.50. The molecule has 4 aromatic rings. The van der Waals surface area contributed by atoms with Crippen molar-refractivity contribution in [3.63, 3.8) is 0 Å². The lowest BCUT2D eigenvalue weighted by Crippen LogP contribution is -2.36. The molecule has 4 heterocycles. The van der Waals surface area contributed by atoms with Gasteiger partial charge in [0, 0.05) is 23.9 Å². The predicted octanol–water partition coefficient (Wildman–Crippen LogP) is 7.74. The maximum atomic E-state index is 12.7. The summed E-state index contributed by atoms with van der Waals surface area (Å²) in [6, 6.07) is 17.2. The number of aromatic nitrogens is 4. The average molecular weight is 618 g/mol. The lowest BCUT2D eigenvalue weighted by Gasteiger charge is -2.27. The van der Waals surface area contributed by atoms with Gasteiger partial charge in [0.1, 0.15) is 27.5 Å². The Morgan fingerprint density at radius 2 is 1.49 bits per heavy atom. The molecule has 0 bridgehead atoms. The first-order chi connectivity index (χ1) is 19.7. The highest BCUT2D eigenvalue weighted by atomic mass is 79.9. The van der Waals surface area contributed by atoms with Crippen molar-refractivity contribution in [3.05, 3.63) is 71.0 Å². The monoisotopic (exact) mass is 616 g/mol. The quantitative estimate of drug-likeness (QED) is 0.239. The highest BCUT2D eigenvalue weighted by Crippen LogP contribution is 2.35. The minimum absolute atomic E-state index is 0.0962. The van der Waals surface area contributed by atoms with Gasteiger partial charge in [-0.15, -0.1) is 0 Å². The molecule has 2 atom stereocenters. The molecule has 0 radical (unpaired) electrons. The molecule has 0 unspecified atom stereocenters. The van der Waals surface area contributed by atoms with Crippen LogP contribution >= 0.6 is 15.9 Å². The van der Waals surface area contributed by atoms with E-state index < -0.39 is 5.60 Å². The number of carbonyl (C=O) groups excluding carboxylic acids is 1. The number of halogens is 1. The highest BCUT2D eigenvalue weighted by molar-refractivity contribution is 9.10. The summed E-state index contributed by atoms with van der Waals surface area (Å²) in [5.41, 5.74) is 5.68. The summed E-state index contributed by atoms with van der Waals surface area (Å²) < 4.78 is 6.55. The molecular formula is C32H37BrN6O2. The van der Waals surface area contributed by atoms with Crippen LogP contribution in [0.1, 0.15) is 70.2 Å². The third kappa shape index (κ3) is 5.83. The molecule has 2 aliphatic heterocycles. The van der Waals surface area contributed by atoms with Gasteiger partial charge in [-0.1, -0.05) is 48.5 Å². The van der Waals surface area contributed by atoms with Gasteiger partial charge in [0.25, 0.3) is 0 Å². The lowest BCUT2D eigenvalue weighted by atomic mass is 10.0. The molecule has 2 aliphatic rings. The third-order valence-electron chi connectivity index (χ3n) is 7.98. The molecule has 0 spiro atoms. The van der Waals surface area contributed by atoms with E-state index in [2.05, 4.69) is 86.4 Å². The van der Waals surface area contributed by atoms with E-state index >= 15 is 0 Å². The van der Waals surface area contributed by atoms with Crippen LogP contribution in [0.15, 0.2) is 59.3 Å². The number of amides is 1. The molecule has 2 N–H and O–H groups in total. The molecule has 8 nitrogen and oxygen atoms in total. The zero-order chi connectivity index (χ0) is 28.7. The number of ether oxygens (including phenoxy) is 1. The normalized spacial score (nSPS) is 19.7. The molecule has 6 rings (SSSR count). The largest absolute Gasteiger partial charge is 0.444 e. The molecule has 2 saturated heterocycles. The number of H-pyrrole nitrogens is 2. The number of likely N-dealkylation sites (tertiary alicyclic amines) is 2. The predicted molar refractivity (Wildman–Crippen MR) is 164 cm³/mol. The molecule has 0 saturated carbocycles. The number of hydrogen-bond donors (Lipinski definition) is 2. The van der Waals surface area contributed by atoms with Crippen LogP contribution in [0.5, 0.6) is 0 Å². The zero-order valence-electron chi connectivity index (χ0n) is 24.1. The van der Waals surface area contributed by atoms with Gasteiger partial charge in [-0.2, -0.15) is 0 Å². The van der Waals surface area contributed by atoms with Gasteiger partial charge >= 0.3 is 6.09 Å². The number of nitrogens with zero attached hydrogens (tertiary/aromatic N) is 4. The van der Waals surface area contributed by atoms with Crippen LogP contribution in [0.3, 0.4) is 0 Å². The average Bonchev–Trinajstić information content (AvgIpc) is 3.74. The number of nitrogens with one attached hydrogen (secondary N) is 2. The van der Waals surface area contributed by atoms with Gasteiger partial charge < -0.3 is 14.7 Å². The molecule has 214 valence electrons. The van der Waals surface area contributed by atoms with E-state index in [4.69, 9.17) is 14.7 Å². The Morgan fingerprint density at radius 3 is 2.12 bits per heavy atom. The summed E-state index contributed by atoms with van der Waals surface area (Å²) >= 11 is 3.69. The Hall–Kier alpha value is -3.43. The fourth-order valence-electron chi connectivity index (χ4n) is 5.87. The van der Waals surface area contributed by atoms with Gasteiger partial charge in [0.15, 0.2) is 0 Å². The SMILES string of the molecule is CN1CCC[C@H]1c1nc(-c2ccc(-c3ccc(-c4c[nH]c([C@@H]5CCCN5C(=O)OC(C)(C)C)n4)cc3)cc2)c(Br)[nH]1. The fraction of sp³-hybridized carbons (Fsp3) is 0.406. The molecule has 2 aromatic carbocycles. The topological polar surface area (TPSA) is 90.1 Å². The number of carbonyl (C=O) groups is 1. The second-order valence-corrected chi connectivity index (χ2v) is 12.9. The first-order valence-electron chi connectivity index (χ1n) is 14.4. The van der Waals surface area contributed by atoms with Crippen molar-refractivity contribution in [2.45, 2.75) is 64.1 Å². The van der Waals surface area contributed by atoms with Crippen LogP contribution in [-0.2, 0) is 4.74 Å². The van der Waals surface area contributed by atoms with E-state index in [1.807, 2.05) is 27.0 Å². The summed E-state index contributed by atoms with van der Waals surface area (Å²) in [5, 5.41) is 0. The Balaban J connectivity index is 1.15. The minimum atomic E-state index is -0.522. The second kappa shape index (κ2) is 11.1. The van der Waals surface area contributed by atoms with Gasteiger partial charge in [-0.25, -0.2) is 14.8 Å². The second-order valence-electron chi connectivity index (χ2n) is 12.1. The van der Waals surface area contributed by atoms with Gasteiger partial charge in [-0.3, -0.25) is 9.80 Å². The Bertz CT molecular complexity index is 1520. The van der Waals surface area contributed by atoms with Crippen molar-refractivity contribution in [2.24, 2.45) is 0 Å². The maximum absolute atomic E-state index is 12.7. The number of hydrogen-bond acceptors (Lipinski definition) is 5. The van der Waals surface area contributed by atoms with Crippen LogP contribution in [0.4, 0.5) is 4.79 Å². The minimum Gasteiger partial charge on any atom is -0.444 e. The van der Waals surface area contributed by atoms with E-state index in [0.29, 0.717) is 12.6 Å². The summed E-state index contributed by atoms with van der Waals surface area (Å²) in [7, 11) is 2.16. The number of imidazole rings is 2. The van der Waals surface area contributed by atoms with Crippen LogP contribution in [-0.4, -0.2) is 61.6 Å².